The molecule has 0 amide bonds. The molecule has 0 unspecified atom stereocenters. The van der Waals surface area contributed by atoms with Crippen molar-refractivity contribution in [2.45, 2.75) is 13.5 Å². The minimum atomic E-state index is 0.709. The van der Waals surface area contributed by atoms with Crippen molar-refractivity contribution in [3.63, 3.8) is 0 Å². The third-order valence-corrected chi connectivity index (χ3v) is 3.57. The zero-order chi connectivity index (χ0) is 14.8. The monoisotopic (exact) mass is 344 g/mol. The van der Waals surface area contributed by atoms with Crippen LogP contribution in [0.1, 0.15) is 12.5 Å². The number of ether oxygens (including phenoxy) is 2. The summed E-state index contributed by atoms with van der Waals surface area (Å²) in [6, 6.07) is 6.41. The van der Waals surface area contributed by atoms with Crippen LogP contribution in [0.4, 0.5) is 5.69 Å². The lowest BCUT2D eigenvalue weighted by Crippen LogP contribution is -2.32. The number of methoxy groups -OCH3 is 2. The average Bonchev–Trinajstić information content (AvgIpc) is 2.46. The van der Waals surface area contributed by atoms with E-state index in [2.05, 4.69) is 51.3 Å². The molecule has 0 aliphatic carbocycles. The van der Waals surface area contributed by atoms with Crippen molar-refractivity contribution in [2.24, 2.45) is 0 Å². The Morgan fingerprint density at radius 1 is 1.15 bits per heavy atom. The van der Waals surface area contributed by atoms with Crippen LogP contribution >= 0.6 is 15.9 Å². The van der Waals surface area contributed by atoms with E-state index in [0.29, 0.717) is 13.2 Å². The molecule has 20 heavy (non-hydrogen) atoms. The summed E-state index contributed by atoms with van der Waals surface area (Å²) >= 11 is 3.55. The predicted octanol–water partition coefficient (Wildman–Crippen LogP) is 2.66. The molecule has 0 atom stereocenters. The largest absolute Gasteiger partial charge is 0.383 e. The van der Waals surface area contributed by atoms with Gasteiger partial charge in [-0.2, -0.15) is 0 Å². The smallest absolute Gasteiger partial charge is 0.0637 e. The van der Waals surface area contributed by atoms with Gasteiger partial charge in [0.05, 0.1) is 13.2 Å². The fraction of sp³-hybridized carbons (Fsp3) is 0.600. The van der Waals surface area contributed by atoms with Gasteiger partial charge in [0.15, 0.2) is 0 Å². The van der Waals surface area contributed by atoms with Crippen LogP contribution in [0.3, 0.4) is 0 Å². The van der Waals surface area contributed by atoms with E-state index in [1.54, 1.807) is 14.2 Å². The van der Waals surface area contributed by atoms with Gasteiger partial charge in [0, 0.05) is 44.0 Å². The molecule has 0 saturated heterocycles. The number of hydrogen-bond acceptors (Lipinski definition) is 4. The van der Waals surface area contributed by atoms with Crippen LogP contribution in [-0.2, 0) is 16.0 Å². The lowest BCUT2D eigenvalue weighted by atomic mass is 10.1. The van der Waals surface area contributed by atoms with Crippen molar-refractivity contribution in [1.29, 1.82) is 0 Å². The third kappa shape index (κ3) is 5.79. The van der Waals surface area contributed by atoms with E-state index in [9.17, 15) is 0 Å². The first-order valence-electron chi connectivity index (χ1n) is 6.94. The zero-order valence-electron chi connectivity index (χ0n) is 12.6. The molecule has 0 radical (unpaired) electrons. The van der Waals surface area contributed by atoms with E-state index in [1.165, 1.54) is 11.3 Å². The van der Waals surface area contributed by atoms with Gasteiger partial charge in [-0.05, 0) is 30.3 Å². The van der Waals surface area contributed by atoms with Gasteiger partial charge in [0.25, 0.3) is 0 Å². The summed E-state index contributed by atoms with van der Waals surface area (Å²) in [4.78, 5) is 2.31. The Bertz CT molecular complexity index is 380. The van der Waals surface area contributed by atoms with E-state index in [1.807, 2.05) is 0 Å². The van der Waals surface area contributed by atoms with Crippen molar-refractivity contribution in [1.82, 2.24) is 5.32 Å². The highest BCUT2D eigenvalue weighted by atomic mass is 79.9. The first-order valence-corrected chi connectivity index (χ1v) is 7.74. The SMILES string of the molecule is CCNCc1cc(Br)ccc1N(CCOC)CCOC. The molecule has 0 fully saturated rings. The standard InChI is InChI=1S/C15H25BrN2O2/c1-4-17-12-13-11-14(16)5-6-15(13)18(7-9-19-2)8-10-20-3/h5-6,11,17H,4,7-10,12H2,1-3H3. The van der Waals surface area contributed by atoms with Gasteiger partial charge in [0.1, 0.15) is 0 Å². The van der Waals surface area contributed by atoms with Gasteiger partial charge in [-0.15, -0.1) is 0 Å². The maximum absolute atomic E-state index is 5.21. The highest BCUT2D eigenvalue weighted by Crippen LogP contribution is 2.24. The Labute approximate surface area is 130 Å². The topological polar surface area (TPSA) is 33.7 Å². The van der Waals surface area contributed by atoms with E-state index in [-0.39, 0.29) is 0 Å². The van der Waals surface area contributed by atoms with Gasteiger partial charge < -0.3 is 19.7 Å². The molecule has 4 nitrogen and oxygen atoms in total. The minimum absolute atomic E-state index is 0.709. The van der Waals surface area contributed by atoms with Crippen LogP contribution < -0.4 is 10.2 Å². The number of benzene rings is 1. The molecular formula is C15H25BrN2O2. The molecule has 0 aliphatic rings. The summed E-state index contributed by atoms with van der Waals surface area (Å²) in [5, 5.41) is 3.39. The molecule has 1 aromatic rings. The van der Waals surface area contributed by atoms with Crippen LogP contribution in [0.2, 0.25) is 0 Å². The fourth-order valence-corrected chi connectivity index (χ4v) is 2.43. The summed E-state index contributed by atoms with van der Waals surface area (Å²) in [5.74, 6) is 0. The van der Waals surface area contributed by atoms with Crippen molar-refractivity contribution in [3.05, 3.63) is 28.2 Å². The lowest BCUT2D eigenvalue weighted by molar-refractivity contribution is 0.190. The van der Waals surface area contributed by atoms with Gasteiger partial charge in [-0.1, -0.05) is 22.9 Å². The first kappa shape index (κ1) is 17.4. The number of rotatable bonds is 10. The van der Waals surface area contributed by atoms with Crippen LogP contribution in [0.25, 0.3) is 0 Å². The van der Waals surface area contributed by atoms with E-state index in [4.69, 9.17) is 9.47 Å². The second-order valence-corrected chi connectivity index (χ2v) is 5.44. The van der Waals surface area contributed by atoms with Gasteiger partial charge in [-0.25, -0.2) is 0 Å². The summed E-state index contributed by atoms with van der Waals surface area (Å²) in [6.07, 6.45) is 0. The molecule has 0 heterocycles. The van der Waals surface area contributed by atoms with E-state index in [0.717, 1.165) is 30.7 Å². The molecule has 1 N–H and O–H groups in total. The fourth-order valence-electron chi connectivity index (χ4n) is 2.02. The molecule has 0 saturated carbocycles. The summed E-state index contributed by atoms with van der Waals surface area (Å²) < 4.78 is 11.5. The molecule has 0 aliphatic heterocycles. The highest BCUT2D eigenvalue weighted by molar-refractivity contribution is 9.10. The molecule has 1 aromatic carbocycles. The Balaban J connectivity index is 2.90. The Morgan fingerprint density at radius 3 is 2.35 bits per heavy atom. The van der Waals surface area contributed by atoms with Crippen LogP contribution in [0.15, 0.2) is 22.7 Å². The molecule has 0 bridgehead atoms. The molecule has 0 aromatic heterocycles. The van der Waals surface area contributed by atoms with Gasteiger partial charge >= 0.3 is 0 Å². The molecular weight excluding hydrogens is 320 g/mol. The summed E-state index contributed by atoms with van der Waals surface area (Å²) in [6.45, 7) is 7.08. The number of halogens is 1. The molecule has 114 valence electrons. The van der Waals surface area contributed by atoms with Crippen LogP contribution in [0, 0.1) is 0 Å². The number of anilines is 1. The van der Waals surface area contributed by atoms with Crippen LogP contribution in [-0.4, -0.2) is 47.1 Å². The average molecular weight is 345 g/mol. The van der Waals surface area contributed by atoms with Gasteiger partial charge in [-0.3, -0.25) is 0 Å². The zero-order valence-corrected chi connectivity index (χ0v) is 14.2. The first-order chi connectivity index (χ1) is 9.72. The number of nitrogens with one attached hydrogen (secondary N) is 1. The quantitative estimate of drug-likeness (QED) is 0.707. The Morgan fingerprint density at radius 2 is 1.80 bits per heavy atom. The van der Waals surface area contributed by atoms with E-state index >= 15 is 0 Å². The second kappa shape index (κ2) is 10.2. The van der Waals surface area contributed by atoms with Crippen molar-refractivity contribution < 1.29 is 9.47 Å². The lowest BCUT2D eigenvalue weighted by Gasteiger charge is -2.27. The molecule has 1 rings (SSSR count). The minimum Gasteiger partial charge on any atom is -0.383 e. The molecule has 0 spiro atoms. The van der Waals surface area contributed by atoms with Crippen molar-refractivity contribution in [2.75, 3.05) is 52.0 Å². The molecule has 5 heteroatoms. The second-order valence-electron chi connectivity index (χ2n) is 4.53. The van der Waals surface area contributed by atoms with Gasteiger partial charge in [0.2, 0.25) is 0 Å². The third-order valence-electron chi connectivity index (χ3n) is 3.08. The maximum atomic E-state index is 5.21. The summed E-state index contributed by atoms with van der Waals surface area (Å²) in [7, 11) is 3.46. The van der Waals surface area contributed by atoms with Crippen molar-refractivity contribution in [3.8, 4) is 0 Å². The summed E-state index contributed by atoms with van der Waals surface area (Å²) in [5.41, 5.74) is 2.52. The Hall–Kier alpha value is -0.620. The normalized spacial score (nSPS) is 10.8. The number of nitrogens with zero attached hydrogens (tertiary/aromatic N) is 1. The Kier molecular flexibility index (Phi) is 8.85. The maximum Gasteiger partial charge on any atom is 0.0637 e. The van der Waals surface area contributed by atoms with Crippen LogP contribution in [0.5, 0.6) is 0 Å². The van der Waals surface area contributed by atoms with E-state index < -0.39 is 0 Å². The predicted molar refractivity (Wildman–Crippen MR) is 87.5 cm³/mol. The highest BCUT2D eigenvalue weighted by Gasteiger charge is 2.11. The number of hydrogen-bond donors (Lipinski definition) is 1. The van der Waals surface area contributed by atoms with Crippen molar-refractivity contribution >= 4 is 21.6 Å².